The third-order valence-electron chi connectivity index (χ3n) is 1.18. The molecule has 1 aromatic rings. The summed E-state index contributed by atoms with van der Waals surface area (Å²) in [5, 5.41) is 32.6. The summed E-state index contributed by atoms with van der Waals surface area (Å²) >= 11 is 0. The Bertz CT molecular complexity index is 197. The highest BCUT2D eigenvalue weighted by Crippen LogP contribution is 2.02. The standard InChI is InChI=1S/C6H6O.C3H8O3.C2H6/c7-6-4-2-1-3-5-6;4-1-3(6)2-5;1-2/h1-5,7H;3-6H,1-2H2;1-2H3. The summed E-state index contributed by atoms with van der Waals surface area (Å²) in [5.74, 6) is 0.322. The van der Waals surface area contributed by atoms with Crippen LogP contribution in [0.25, 0.3) is 0 Å². The smallest absolute Gasteiger partial charge is 0.115 e. The summed E-state index contributed by atoms with van der Waals surface area (Å²) in [6.45, 7) is 3.27. The number of hydrogen-bond acceptors (Lipinski definition) is 4. The van der Waals surface area contributed by atoms with Gasteiger partial charge in [-0.2, -0.15) is 0 Å². The van der Waals surface area contributed by atoms with Gasteiger partial charge in [0.1, 0.15) is 11.9 Å². The van der Waals surface area contributed by atoms with Gasteiger partial charge in [-0.05, 0) is 12.1 Å². The second-order valence-corrected chi connectivity index (χ2v) is 2.35. The van der Waals surface area contributed by atoms with Crippen LogP contribution in [-0.4, -0.2) is 39.7 Å². The minimum Gasteiger partial charge on any atom is -0.508 e. The Morgan fingerprint density at radius 1 is 1.00 bits per heavy atom. The number of phenolic OH excluding ortho intramolecular Hbond substituents is 1. The number of aliphatic hydroxyl groups is 3. The van der Waals surface area contributed by atoms with Crippen molar-refractivity contribution in [2.75, 3.05) is 13.2 Å². The second-order valence-electron chi connectivity index (χ2n) is 2.35. The van der Waals surface area contributed by atoms with Crippen LogP contribution in [0.3, 0.4) is 0 Å². The number of phenols is 1. The van der Waals surface area contributed by atoms with Crippen molar-refractivity contribution in [2.45, 2.75) is 20.0 Å². The SMILES string of the molecule is CC.OCC(O)CO.Oc1ccccc1. The predicted molar refractivity (Wildman–Crippen MR) is 59.6 cm³/mol. The van der Waals surface area contributed by atoms with E-state index in [-0.39, 0.29) is 13.2 Å². The van der Waals surface area contributed by atoms with Gasteiger partial charge in [0.15, 0.2) is 0 Å². The highest BCUT2D eigenvalue weighted by molar-refractivity contribution is 5.18. The molecule has 1 aromatic carbocycles. The summed E-state index contributed by atoms with van der Waals surface area (Å²) in [5.41, 5.74) is 0. The first-order valence-electron chi connectivity index (χ1n) is 4.84. The summed E-state index contributed by atoms with van der Waals surface area (Å²) in [6, 6.07) is 8.71. The van der Waals surface area contributed by atoms with Crippen LogP contribution < -0.4 is 0 Å². The van der Waals surface area contributed by atoms with Gasteiger partial charge in [0, 0.05) is 0 Å². The molecule has 0 aromatic heterocycles. The molecule has 0 aliphatic rings. The van der Waals surface area contributed by atoms with Crippen molar-refractivity contribution in [2.24, 2.45) is 0 Å². The summed E-state index contributed by atoms with van der Waals surface area (Å²) in [7, 11) is 0. The first kappa shape index (κ1) is 16.3. The topological polar surface area (TPSA) is 80.9 Å². The molecule has 0 fully saturated rings. The maximum Gasteiger partial charge on any atom is 0.115 e. The summed E-state index contributed by atoms with van der Waals surface area (Å²) in [6.07, 6.45) is -0.954. The van der Waals surface area contributed by atoms with Crippen LogP contribution in [0.15, 0.2) is 30.3 Å². The predicted octanol–water partition coefficient (Wildman–Crippen LogP) is 0.750. The van der Waals surface area contributed by atoms with Crippen molar-refractivity contribution in [1.82, 2.24) is 0 Å². The highest BCUT2D eigenvalue weighted by Gasteiger charge is 1.93. The Morgan fingerprint density at radius 2 is 1.40 bits per heavy atom. The molecule has 1 rings (SSSR count). The lowest BCUT2D eigenvalue weighted by atomic mass is 10.3. The quantitative estimate of drug-likeness (QED) is 0.588. The van der Waals surface area contributed by atoms with E-state index in [1.165, 1.54) is 0 Å². The third kappa shape index (κ3) is 12.9. The van der Waals surface area contributed by atoms with Gasteiger partial charge in [-0.25, -0.2) is 0 Å². The lowest BCUT2D eigenvalue weighted by molar-refractivity contribution is 0.0450. The molecule has 88 valence electrons. The Morgan fingerprint density at radius 3 is 1.53 bits per heavy atom. The molecule has 0 aliphatic carbocycles. The van der Waals surface area contributed by atoms with Crippen LogP contribution in [0.2, 0.25) is 0 Å². The van der Waals surface area contributed by atoms with Crippen LogP contribution in [0.1, 0.15) is 13.8 Å². The van der Waals surface area contributed by atoms with Crippen molar-refractivity contribution in [1.29, 1.82) is 0 Å². The normalized spacial score (nSPS) is 8.40. The molecule has 0 atom stereocenters. The molecular weight excluding hydrogens is 196 g/mol. The lowest BCUT2D eigenvalue weighted by Crippen LogP contribution is -2.15. The molecule has 0 bridgehead atoms. The molecular formula is C11H20O4. The van der Waals surface area contributed by atoms with Crippen molar-refractivity contribution < 1.29 is 20.4 Å². The average molecular weight is 216 g/mol. The fourth-order valence-electron chi connectivity index (χ4n) is 0.486. The molecule has 4 heteroatoms. The number of aliphatic hydroxyl groups excluding tert-OH is 3. The Labute approximate surface area is 90.4 Å². The largest absolute Gasteiger partial charge is 0.508 e. The Hall–Kier alpha value is -1.10. The zero-order valence-corrected chi connectivity index (χ0v) is 9.17. The summed E-state index contributed by atoms with van der Waals surface area (Å²) < 4.78 is 0. The first-order valence-corrected chi connectivity index (χ1v) is 4.84. The minimum atomic E-state index is -0.954. The average Bonchev–Trinajstić information content (AvgIpc) is 2.32. The van der Waals surface area contributed by atoms with Gasteiger partial charge in [-0.3, -0.25) is 0 Å². The molecule has 0 radical (unpaired) electrons. The first-order chi connectivity index (χ1) is 7.20. The molecule has 4 N–H and O–H groups in total. The van der Waals surface area contributed by atoms with Crippen molar-refractivity contribution in [3.63, 3.8) is 0 Å². The maximum absolute atomic E-state index is 8.63. The minimum absolute atomic E-state index is 0.322. The van der Waals surface area contributed by atoms with E-state index < -0.39 is 6.10 Å². The van der Waals surface area contributed by atoms with Crippen LogP contribution in [0, 0.1) is 0 Å². The van der Waals surface area contributed by atoms with E-state index in [2.05, 4.69) is 0 Å². The third-order valence-corrected chi connectivity index (χ3v) is 1.18. The monoisotopic (exact) mass is 216 g/mol. The number of aromatic hydroxyl groups is 1. The van der Waals surface area contributed by atoms with Crippen LogP contribution in [0.5, 0.6) is 5.75 Å². The molecule has 0 saturated heterocycles. The van der Waals surface area contributed by atoms with Gasteiger partial charge in [0.05, 0.1) is 13.2 Å². The molecule has 0 saturated carbocycles. The van der Waals surface area contributed by atoms with Crippen LogP contribution in [0.4, 0.5) is 0 Å². The molecule has 0 amide bonds. The summed E-state index contributed by atoms with van der Waals surface area (Å²) in [4.78, 5) is 0. The van der Waals surface area contributed by atoms with E-state index in [0.29, 0.717) is 5.75 Å². The van der Waals surface area contributed by atoms with E-state index >= 15 is 0 Å². The zero-order valence-electron chi connectivity index (χ0n) is 9.17. The number of hydrogen-bond donors (Lipinski definition) is 4. The molecule has 0 aliphatic heterocycles. The molecule has 15 heavy (non-hydrogen) atoms. The van der Waals surface area contributed by atoms with Crippen molar-refractivity contribution in [3.8, 4) is 5.75 Å². The fourth-order valence-corrected chi connectivity index (χ4v) is 0.486. The van der Waals surface area contributed by atoms with E-state index in [4.69, 9.17) is 20.4 Å². The van der Waals surface area contributed by atoms with E-state index in [1.807, 2.05) is 19.9 Å². The van der Waals surface area contributed by atoms with Crippen molar-refractivity contribution in [3.05, 3.63) is 30.3 Å². The fraction of sp³-hybridized carbons (Fsp3) is 0.455. The van der Waals surface area contributed by atoms with Gasteiger partial charge in [0.2, 0.25) is 0 Å². The van der Waals surface area contributed by atoms with Crippen molar-refractivity contribution >= 4 is 0 Å². The van der Waals surface area contributed by atoms with Gasteiger partial charge < -0.3 is 20.4 Å². The zero-order chi connectivity index (χ0) is 12.1. The van der Waals surface area contributed by atoms with Gasteiger partial charge in [-0.15, -0.1) is 0 Å². The number of benzene rings is 1. The number of rotatable bonds is 2. The Balaban J connectivity index is 0. The molecule has 4 nitrogen and oxygen atoms in total. The van der Waals surface area contributed by atoms with Gasteiger partial charge >= 0.3 is 0 Å². The second kappa shape index (κ2) is 12.9. The van der Waals surface area contributed by atoms with E-state index in [1.54, 1.807) is 24.3 Å². The lowest BCUT2D eigenvalue weighted by Gasteiger charge is -1.96. The van der Waals surface area contributed by atoms with Gasteiger partial charge in [0.25, 0.3) is 0 Å². The van der Waals surface area contributed by atoms with Crippen LogP contribution in [-0.2, 0) is 0 Å². The van der Waals surface area contributed by atoms with Crippen LogP contribution >= 0.6 is 0 Å². The van der Waals surface area contributed by atoms with Gasteiger partial charge in [-0.1, -0.05) is 32.0 Å². The highest BCUT2D eigenvalue weighted by atomic mass is 16.3. The Kier molecular flexibility index (Phi) is 14.0. The molecule has 0 unspecified atom stereocenters. The van der Waals surface area contributed by atoms with E-state index in [0.717, 1.165) is 0 Å². The molecule has 0 spiro atoms. The number of para-hydroxylation sites is 1. The molecule has 0 heterocycles. The van der Waals surface area contributed by atoms with E-state index in [9.17, 15) is 0 Å². The maximum atomic E-state index is 8.63.